The van der Waals surface area contributed by atoms with E-state index in [2.05, 4.69) is 6.92 Å². The molecule has 0 unspecified atom stereocenters. The van der Waals surface area contributed by atoms with Crippen LogP contribution in [0.5, 0.6) is 0 Å². The van der Waals surface area contributed by atoms with Gasteiger partial charge in [-0.25, -0.2) is 0 Å². The van der Waals surface area contributed by atoms with Crippen molar-refractivity contribution in [3.63, 3.8) is 0 Å². The molecule has 1 fully saturated rings. The molecular weight excluding hydrogens is 284 g/mol. The molecule has 1 rings (SSSR count). The second kappa shape index (κ2) is 11.9. The molecule has 0 radical (unpaired) electrons. The molecule has 22 heavy (non-hydrogen) atoms. The molecule has 1 aliphatic rings. The van der Waals surface area contributed by atoms with E-state index < -0.39 is 24.4 Å². The van der Waals surface area contributed by atoms with Crippen molar-refractivity contribution in [2.75, 3.05) is 13.2 Å². The molecule has 1 aliphatic heterocycles. The largest absolute Gasteiger partial charge is 0.493 e. The Bertz CT molecular complexity index is 295. The molecule has 0 aromatic heterocycles. The second-order valence-electron chi connectivity index (χ2n) is 5.99. The topological polar surface area (TPSA) is 79.2 Å². The highest BCUT2D eigenvalue weighted by molar-refractivity contribution is 4.89. The molecule has 5 heteroatoms. The predicted octanol–water partition coefficient (Wildman–Crippen LogP) is 2.14. The van der Waals surface area contributed by atoms with Crippen LogP contribution >= 0.6 is 0 Å². The molecule has 1 saturated heterocycles. The fourth-order valence-corrected chi connectivity index (χ4v) is 2.62. The molecule has 5 nitrogen and oxygen atoms in total. The first-order valence-corrected chi connectivity index (χ1v) is 8.59. The van der Waals surface area contributed by atoms with Crippen molar-refractivity contribution >= 4 is 0 Å². The van der Waals surface area contributed by atoms with Gasteiger partial charge in [0.1, 0.15) is 18.3 Å². The minimum Gasteiger partial charge on any atom is -0.493 e. The maximum atomic E-state index is 9.94. The third-order valence-corrected chi connectivity index (χ3v) is 4.06. The van der Waals surface area contributed by atoms with Crippen molar-refractivity contribution in [2.45, 2.75) is 82.7 Å². The highest BCUT2D eigenvalue weighted by Crippen LogP contribution is 2.18. The number of hydrogen-bond acceptors (Lipinski definition) is 5. The van der Waals surface area contributed by atoms with Gasteiger partial charge in [-0.2, -0.15) is 0 Å². The van der Waals surface area contributed by atoms with Crippen LogP contribution in [0.1, 0.15) is 58.3 Å². The molecule has 4 atom stereocenters. The fourth-order valence-electron chi connectivity index (χ4n) is 2.62. The highest BCUT2D eigenvalue weighted by Gasteiger charge is 2.39. The van der Waals surface area contributed by atoms with Gasteiger partial charge in [0.05, 0.1) is 19.5 Å². The van der Waals surface area contributed by atoms with E-state index in [0.29, 0.717) is 0 Å². The third-order valence-electron chi connectivity index (χ3n) is 4.06. The lowest BCUT2D eigenvalue weighted by atomic mass is 10.0. The van der Waals surface area contributed by atoms with Crippen LogP contribution in [-0.2, 0) is 9.47 Å². The maximum Gasteiger partial charge on any atom is 0.154 e. The zero-order chi connectivity index (χ0) is 16.2. The van der Waals surface area contributed by atoms with Crippen LogP contribution in [-0.4, -0.2) is 52.9 Å². The summed E-state index contributed by atoms with van der Waals surface area (Å²) in [6.07, 6.45) is 9.99. The van der Waals surface area contributed by atoms with Crippen molar-refractivity contribution in [1.82, 2.24) is 0 Å². The maximum absolute atomic E-state index is 9.94. The number of ether oxygens (including phenoxy) is 2. The Morgan fingerprint density at radius 1 is 1.09 bits per heavy atom. The predicted molar refractivity (Wildman–Crippen MR) is 85.5 cm³/mol. The van der Waals surface area contributed by atoms with Gasteiger partial charge >= 0.3 is 0 Å². The summed E-state index contributed by atoms with van der Waals surface area (Å²) in [5.41, 5.74) is 0. The Kier molecular flexibility index (Phi) is 10.5. The quantitative estimate of drug-likeness (QED) is 0.402. The molecule has 3 N–H and O–H groups in total. The summed E-state index contributed by atoms with van der Waals surface area (Å²) in [6.45, 7) is 2.01. The van der Waals surface area contributed by atoms with Gasteiger partial charge in [-0.1, -0.05) is 45.4 Å². The third kappa shape index (κ3) is 7.09. The Labute approximate surface area is 133 Å². The zero-order valence-corrected chi connectivity index (χ0v) is 13.7. The number of unbranched alkanes of at least 4 members (excludes halogenated alkanes) is 7. The summed E-state index contributed by atoms with van der Waals surface area (Å²) in [7, 11) is 0. The van der Waals surface area contributed by atoms with Crippen LogP contribution in [0.15, 0.2) is 12.3 Å². The van der Waals surface area contributed by atoms with Gasteiger partial charge in [0.2, 0.25) is 0 Å². The van der Waals surface area contributed by atoms with Gasteiger partial charge in [-0.05, 0) is 18.9 Å². The first-order chi connectivity index (χ1) is 10.7. The lowest BCUT2D eigenvalue weighted by molar-refractivity contribution is -0.197. The van der Waals surface area contributed by atoms with E-state index in [1.807, 2.05) is 6.08 Å². The van der Waals surface area contributed by atoms with Gasteiger partial charge in [0.15, 0.2) is 6.10 Å². The molecule has 1 heterocycles. The summed E-state index contributed by atoms with van der Waals surface area (Å²) in [5.74, 6) is 0. The van der Waals surface area contributed by atoms with E-state index in [-0.39, 0.29) is 13.2 Å². The Balaban J connectivity index is 2.11. The average molecular weight is 316 g/mol. The standard InChI is InChI=1S/C17H32O5/c1-2-3-4-5-6-7-8-9-10-11-21-17-14(19)13-22-15(12-18)16(17)20/h10-11,14-20H,2-9,12-13H2,1H3/b11-10+/t14-,15+,16+,17+/m1/s1. The summed E-state index contributed by atoms with van der Waals surface area (Å²) in [5, 5.41) is 28.8. The molecule has 0 saturated carbocycles. The lowest BCUT2D eigenvalue weighted by Gasteiger charge is -2.36. The molecule has 0 spiro atoms. The van der Waals surface area contributed by atoms with Gasteiger partial charge < -0.3 is 24.8 Å². The molecule has 0 aromatic rings. The van der Waals surface area contributed by atoms with E-state index in [1.54, 1.807) is 6.26 Å². The van der Waals surface area contributed by atoms with Crippen molar-refractivity contribution < 1.29 is 24.8 Å². The SMILES string of the molecule is CCCCCCCCC/C=C/O[C@@H]1[C@@H](O)[C@H](CO)OC[C@H]1O. The number of rotatable bonds is 11. The van der Waals surface area contributed by atoms with Crippen molar-refractivity contribution in [2.24, 2.45) is 0 Å². The van der Waals surface area contributed by atoms with Crippen molar-refractivity contribution in [3.8, 4) is 0 Å². The van der Waals surface area contributed by atoms with Gasteiger partial charge in [-0.3, -0.25) is 0 Å². The zero-order valence-electron chi connectivity index (χ0n) is 13.7. The minimum absolute atomic E-state index is 0.0680. The van der Waals surface area contributed by atoms with Crippen molar-refractivity contribution in [1.29, 1.82) is 0 Å². The Hall–Kier alpha value is -0.620. The fraction of sp³-hybridized carbons (Fsp3) is 0.882. The van der Waals surface area contributed by atoms with Gasteiger partial charge in [-0.15, -0.1) is 0 Å². The van der Waals surface area contributed by atoms with Gasteiger partial charge in [0.25, 0.3) is 0 Å². The lowest BCUT2D eigenvalue weighted by Crippen LogP contribution is -2.54. The van der Waals surface area contributed by atoms with Crippen LogP contribution in [0.2, 0.25) is 0 Å². The van der Waals surface area contributed by atoms with Crippen molar-refractivity contribution in [3.05, 3.63) is 12.3 Å². The second-order valence-corrected chi connectivity index (χ2v) is 5.99. The number of aliphatic hydroxyl groups is 3. The molecule has 0 amide bonds. The average Bonchev–Trinajstić information content (AvgIpc) is 2.52. The number of hydrogen-bond donors (Lipinski definition) is 3. The minimum atomic E-state index is -1.02. The van der Waals surface area contributed by atoms with Crippen LogP contribution in [0.25, 0.3) is 0 Å². The monoisotopic (exact) mass is 316 g/mol. The van der Waals surface area contributed by atoms with Crippen LogP contribution < -0.4 is 0 Å². The first kappa shape index (κ1) is 19.4. The van der Waals surface area contributed by atoms with E-state index in [0.717, 1.165) is 12.8 Å². The smallest absolute Gasteiger partial charge is 0.154 e. The first-order valence-electron chi connectivity index (χ1n) is 8.59. The Morgan fingerprint density at radius 2 is 1.77 bits per heavy atom. The molecule has 130 valence electrons. The molecule has 0 bridgehead atoms. The van der Waals surface area contributed by atoms with E-state index >= 15 is 0 Å². The van der Waals surface area contributed by atoms with E-state index in [4.69, 9.17) is 14.6 Å². The Morgan fingerprint density at radius 3 is 2.45 bits per heavy atom. The summed E-state index contributed by atoms with van der Waals surface area (Å²) < 4.78 is 10.6. The van der Waals surface area contributed by atoms with E-state index in [1.165, 1.54) is 38.5 Å². The van der Waals surface area contributed by atoms with Crippen LogP contribution in [0, 0.1) is 0 Å². The molecule has 0 aliphatic carbocycles. The van der Waals surface area contributed by atoms with E-state index in [9.17, 15) is 10.2 Å². The molecular formula is C17H32O5. The summed E-state index contributed by atoms with van der Waals surface area (Å²) in [6, 6.07) is 0. The van der Waals surface area contributed by atoms with Crippen LogP contribution in [0.4, 0.5) is 0 Å². The normalized spacial score (nSPS) is 29.1. The highest BCUT2D eigenvalue weighted by atomic mass is 16.6. The van der Waals surface area contributed by atoms with Crippen LogP contribution in [0.3, 0.4) is 0 Å². The van der Waals surface area contributed by atoms with Gasteiger partial charge in [0, 0.05) is 0 Å². The molecule has 0 aromatic carbocycles. The summed E-state index contributed by atoms with van der Waals surface area (Å²) in [4.78, 5) is 0. The number of aliphatic hydroxyl groups excluding tert-OH is 3. The number of allylic oxidation sites excluding steroid dienone is 1. The summed E-state index contributed by atoms with van der Waals surface area (Å²) >= 11 is 0.